The van der Waals surface area contributed by atoms with Crippen molar-refractivity contribution in [3.8, 4) is 11.1 Å². The van der Waals surface area contributed by atoms with Gasteiger partial charge in [-0.15, -0.1) is 0 Å². The molecule has 1 unspecified atom stereocenters. The summed E-state index contributed by atoms with van der Waals surface area (Å²) in [7, 11) is 0. The quantitative estimate of drug-likeness (QED) is 0.459. The lowest BCUT2D eigenvalue weighted by atomic mass is 9.75. The smallest absolute Gasteiger partial charge is 0.407 e. The van der Waals surface area contributed by atoms with Crippen LogP contribution in [0.1, 0.15) is 63.0 Å². The molecule has 2 aliphatic rings. The summed E-state index contributed by atoms with van der Waals surface area (Å²) in [6, 6.07) is 16.3. The molecule has 4 rings (SSSR count). The summed E-state index contributed by atoms with van der Waals surface area (Å²) in [5.74, 6) is -1.75. The zero-order chi connectivity index (χ0) is 25.0. The lowest BCUT2D eigenvalue weighted by molar-refractivity contribution is -0.149. The maximum atomic E-state index is 13.1. The number of hydrogen-bond acceptors (Lipinski definition) is 4. The average molecular weight is 479 g/mol. The third-order valence-electron chi connectivity index (χ3n) is 7.84. The van der Waals surface area contributed by atoms with Gasteiger partial charge in [0.25, 0.3) is 0 Å². The van der Waals surface area contributed by atoms with Crippen LogP contribution in [0.4, 0.5) is 4.79 Å². The molecule has 7 nitrogen and oxygen atoms in total. The van der Waals surface area contributed by atoms with Crippen LogP contribution in [0.15, 0.2) is 48.5 Å². The number of amides is 2. The van der Waals surface area contributed by atoms with E-state index in [0.717, 1.165) is 41.5 Å². The van der Waals surface area contributed by atoms with Gasteiger partial charge in [0.1, 0.15) is 12.1 Å². The Hall–Kier alpha value is -3.35. The van der Waals surface area contributed by atoms with Crippen LogP contribution in [0.25, 0.3) is 11.1 Å². The van der Waals surface area contributed by atoms with Crippen molar-refractivity contribution in [2.24, 2.45) is 11.8 Å². The van der Waals surface area contributed by atoms with Gasteiger partial charge in [-0.3, -0.25) is 4.79 Å². The molecule has 0 bridgehead atoms. The molecule has 35 heavy (non-hydrogen) atoms. The fourth-order valence-corrected chi connectivity index (χ4v) is 5.27. The molecular weight excluding hydrogens is 444 g/mol. The first-order valence-corrected chi connectivity index (χ1v) is 12.5. The van der Waals surface area contributed by atoms with E-state index in [9.17, 15) is 19.5 Å². The molecule has 2 aromatic carbocycles. The van der Waals surface area contributed by atoms with Crippen LogP contribution in [0.2, 0.25) is 0 Å². The van der Waals surface area contributed by atoms with Gasteiger partial charge in [0.15, 0.2) is 0 Å². The van der Waals surface area contributed by atoms with Crippen molar-refractivity contribution in [3.05, 3.63) is 59.7 Å². The number of carboxylic acid groups (broad SMARTS) is 1. The minimum absolute atomic E-state index is 0.0378. The minimum atomic E-state index is -1.29. The Balaban J connectivity index is 1.38. The lowest BCUT2D eigenvalue weighted by Crippen LogP contribution is -2.57. The van der Waals surface area contributed by atoms with E-state index in [1.54, 1.807) is 13.8 Å². The molecule has 0 spiro atoms. The summed E-state index contributed by atoms with van der Waals surface area (Å²) in [4.78, 5) is 37.6. The molecular formula is C28H34N2O5. The van der Waals surface area contributed by atoms with Gasteiger partial charge < -0.3 is 20.5 Å². The van der Waals surface area contributed by atoms with Crippen LogP contribution in [0, 0.1) is 11.8 Å². The Bertz CT molecular complexity index is 1040. The van der Waals surface area contributed by atoms with Crippen molar-refractivity contribution in [1.29, 1.82) is 0 Å². The van der Waals surface area contributed by atoms with Crippen LogP contribution in [-0.2, 0) is 14.3 Å². The van der Waals surface area contributed by atoms with E-state index in [0.29, 0.717) is 12.8 Å². The number of fused-ring (bicyclic) bond motifs is 3. The number of carboxylic acids is 1. The maximum Gasteiger partial charge on any atom is 0.407 e. The van der Waals surface area contributed by atoms with Gasteiger partial charge in [0.2, 0.25) is 5.91 Å². The van der Waals surface area contributed by atoms with Gasteiger partial charge in [0.05, 0.1) is 5.92 Å². The minimum Gasteiger partial charge on any atom is -0.480 e. The average Bonchev–Trinajstić information content (AvgIpc) is 3.16. The number of alkyl carbamates (subject to hydrolysis) is 1. The monoisotopic (exact) mass is 478 g/mol. The third kappa shape index (κ3) is 4.90. The van der Waals surface area contributed by atoms with Gasteiger partial charge in [-0.2, -0.15) is 0 Å². The molecule has 0 aliphatic heterocycles. The normalized spacial score (nSPS) is 15.9. The second-order valence-corrected chi connectivity index (χ2v) is 9.59. The fourth-order valence-electron chi connectivity index (χ4n) is 5.27. The van der Waals surface area contributed by atoms with Crippen molar-refractivity contribution in [2.45, 2.75) is 57.4 Å². The van der Waals surface area contributed by atoms with E-state index in [1.165, 1.54) is 0 Å². The van der Waals surface area contributed by atoms with E-state index < -0.39 is 23.5 Å². The Labute approximate surface area is 206 Å². The van der Waals surface area contributed by atoms with Gasteiger partial charge in [-0.1, -0.05) is 68.8 Å². The van der Waals surface area contributed by atoms with Crippen molar-refractivity contribution in [2.75, 3.05) is 13.2 Å². The summed E-state index contributed by atoms with van der Waals surface area (Å²) >= 11 is 0. The van der Waals surface area contributed by atoms with Crippen LogP contribution in [-0.4, -0.2) is 41.8 Å². The van der Waals surface area contributed by atoms with E-state index in [2.05, 4.69) is 34.9 Å². The maximum absolute atomic E-state index is 13.1. The van der Waals surface area contributed by atoms with Crippen LogP contribution in [0.3, 0.4) is 0 Å². The Morgan fingerprint density at radius 1 is 1.00 bits per heavy atom. The van der Waals surface area contributed by atoms with Crippen LogP contribution >= 0.6 is 0 Å². The molecule has 2 amide bonds. The predicted molar refractivity (Wildman–Crippen MR) is 133 cm³/mol. The van der Waals surface area contributed by atoms with Crippen molar-refractivity contribution >= 4 is 18.0 Å². The predicted octanol–water partition coefficient (Wildman–Crippen LogP) is 4.70. The Morgan fingerprint density at radius 3 is 2.06 bits per heavy atom. The first kappa shape index (κ1) is 24.8. The van der Waals surface area contributed by atoms with Crippen LogP contribution < -0.4 is 10.6 Å². The summed E-state index contributed by atoms with van der Waals surface area (Å²) in [6.07, 6.45) is 2.83. The second-order valence-electron chi connectivity index (χ2n) is 9.59. The number of benzene rings is 2. The summed E-state index contributed by atoms with van der Waals surface area (Å²) in [5, 5.41) is 15.2. The summed E-state index contributed by atoms with van der Waals surface area (Å²) in [6.45, 7) is 3.83. The Kier molecular flexibility index (Phi) is 7.43. The second kappa shape index (κ2) is 10.5. The third-order valence-corrected chi connectivity index (χ3v) is 7.84. The molecule has 0 heterocycles. The molecule has 0 saturated heterocycles. The van der Waals surface area contributed by atoms with Gasteiger partial charge in [-0.25, -0.2) is 9.59 Å². The van der Waals surface area contributed by atoms with E-state index >= 15 is 0 Å². The molecule has 3 N–H and O–H groups in total. The van der Waals surface area contributed by atoms with E-state index in [1.807, 2.05) is 24.3 Å². The first-order chi connectivity index (χ1) is 16.9. The molecule has 186 valence electrons. The number of hydrogen-bond donors (Lipinski definition) is 3. The Morgan fingerprint density at radius 2 is 1.57 bits per heavy atom. The fraction of sp³-hybridized carbons (Fsp3) is 0.464. The SMILES string of the molecule is CCC(CC)(NC(=O)C(CNC(=O)OCC1c2ccccc2-c2ccccc21)C1CCC1)C(=O)O. The van der Waals surface area contributed by atoms with Gasteiger partial charge >= 0.3 is 12.1 Å². The number of ether oxygens (including phenoxy) is 1. The molecule has 0 aromatic heterocycles. The molecule has 1 fully saturated rings. The highest BCUT2D eigenvalue weighted by Gasteiger charge is 2.41. The molecule has 2 aliphatic carbocycles. The van der Waals surface area contributed by atoms with Crippen molar-refractivity contribution in [1.82, 2.24) is 10.6 Å². The highest BCUT2D eigenvalue weighted by atomic mass is 16.5. The van der Waals surface area contributed by atoms with E-state index in [4.69, 9.17) is 4.74 Å². The van der Waals surface area contributed by atoms with Crippen LogP contribution in [0.5, 0.6) is 0 Å². The largest absolute Gasteiger partial charge is 0.480 e. The highest BCUT2D eigenvalue weighted by Crippen LogP contribution is 2.44. The summed E-state index contributed by atoms with van der Waals surface area (Å²) in [5.41, 5.74) is 3.30. The van der Waals surface area contributed by atoms with Gasteiger partial charge in [-0.05, 0) is 53.9 Å². The lowest BCUT2D eigenvalue weighted by Gasteiger charge is -2.36. The van der Waals surface area contributed by atoms with Crippen molar-refractivity contribution < 1.29 is 24.2 Å². The summed E-state index contributed by atoms with van der Waals surface area (Å²) < 4.78 is 5.61. The van der Waals surface area contributed by atoms with Gasteiger partial charge in [0, 0.05) is 12.5 Å². The highest BCUT2D eigenvalue weighted by molar-refractivity contribution is 5.88. The topological polar surface area (TPSA) is 105 Å². The number of aliphatic carboxylic acids is 1. The number of carbonyl (C=O) groups is 3. The molecule has 7 heteroatoms. The number of rotatable bonds is 10. The van der Waals surface area contributed by atoms with Crippen molar-refractivity contribution in [3.63, 3.8) is 0 Å². The standard InChI is InChI=1S/C28H34N2O5/c1-3-28(4-2,26(32)33)30-25(31)23(18-10-9-11-18)16-29-27(34)35-17-24-21-14-7-5-12-19(21)20-13-6-8-15-22(20)24/h5-8,12-15,18,23-24H,3-4,9-11,16-17H2,1-2H3,(H,29,34)(H,30,31)(H,32,33). The first-order valence-electron chi connectivity index (χ1n) is 12.5. The zero-order valence-electron chi connectivity index (χ0n) is 20.4. The number of carbonyl (C=O) groups excluding carboxylic acids is 2. The number of nitrogens with one attached hydrogen (secondary N) is 2. The molecule has 2 aromatic rings. The molecule has 0 radical (unpaired) electrons. The molecule has 1 atom stereocenters. The zero-order valence-corrected chi connectivity index (χ0v) is 20.4. The van der Waals surface area contributed by atoms with E-state index in [-0.39, 0.29) is 30.9 Å². The molecule has 1 saturated carbocycles.